The van der Waals surface area contributed by atoms with Crippen molar-refractivity contribution in [1.29, 1.82) is 0 Å². The molecule has 2 unspecified atom stereocenters. The largest absolute Gasteiger partial charge is 0.444 e. The quantitative estimate of drug-likeness (QED) is 0.617. The number of piperidine rings is 2. The molecule has 2 atom stereocenters. The third-order valence-corrected chi connectivity index (χ3v) is 7.88. The van der Waals surface area contributed by atoms with Crippen LogP contribution in [0.1, 0.15) is 80.0 Å². The molecule has 10 nitrogen and oxygen atoms in total. The van der Waals surface area contributed by atoms with Gasteiger partial charge in [-0.05, 0) is 70.4 Å². The van der Waals surface area contributed by atoms with Crippen LogP contribution in [0.3, 0.4) is 0 Å². The standard InChI is InChI=1S/C26H32N4O6/c1-25(2,3)36-24(35)29-13-11-26(12-14-29)10-9-18(26)27-16-6-4-5-15-20(16)23(34)30(22(15)33)17-7-8-19(31)28-21(17)32/h4-6,17-18,27H,7-14H2,1-3H3,(H,28,31,32). The first-order valence-corrected chi connectivity index (χ1v) is 12.6. The minimum Gasteiger partial charge on any atom is -0.444 e. The van der Waals surface area contributed by atoms with Crippen molar-refractivity contribution in [2.24, 2.45) is 5.41 Å². The van der Waals surface area contributed by atoms with Gasteiger partial charge in [-0.2, -0.15) is 0 Å². The topological polar surface area (TPSA) is 125 Å². The van der Waals surface area contributed by atoms with Crippen molar-refractivity contribution in [2.75, 3.05) is 18.4 Å². The molecule has 2 N–H and O–H groups in total. The molecule has 0 aromatic heterocycles. The van der Waals surface area contributed by atoms with Crippen LogP contribution in [-0.2, 0) is 14.3 Å². The van der Waals surface area contributed by atoms with Crippen LogP contribution in [0.5, 0.6) is 0 Å². The zero-order chi connectivity index (χ0) is 25.8. The lowest BCUT2D eigenvalue weighted by atomic mass is 9.59. The molecule has 3 fully saturated rings. The second-order valence-corrected chi connectivity index (χ2v) is 11.2. The Bertz CT molecular complexity index is 1150. The second kappa shape index (κ2) is 8.60. The summed E-state index contributed by atoms with van der Waals surface area (Å²) >= 11 is 0. The van der Waals surface area contributed by atoms with E-state index in [-0.39, 0.29) is 41.5 Å². The molecule has 4 aliphatic rings. The highest BCUT2D eigenvalue weighted by Crippen LogP contribution is 2.51. The van der Waals surface area contributed by atoms with E-state index < -0.39 is 35.3 Å². The first-order chi connectivity index (χ1) is 17.0. The van der Waals surface area contributed by atoms with Gasteiger partial charge in [0.2, 0.25) is 11.8 Å². The molecular weight excluding hydrogens is 464 g/mol. The van der Waals surface area contributed by atoms with Gasteiger partial charge in [0.25, 0.3) is 11.8 Å². The molecule has 1 saturated carbocycles. The van der Waals surface area contributed by atoms with Crippen molar-refractivity contribution in [3.63, 3.8) is 0 Å². The predicted molar refractivity (Wildman–Crippen MR) is 129 cm³/mol. The fourth-order valence-electron chi connectivity index (χ4n) is 5.80. The van der Waals surface area contributed by atoms with Gasteiger partial charge in [0.05, 0.1) is 11.1 Å². The number of hydrogen-bond donors (Lipinski definition) is 2. The van der Waals surface area contributed by atoms with Crippen LogP contribution in [0.4, 0.5) is 10.5 Å². The van der Waals surface area contributed by atoms with Crippen LogP contribution in [0.15, 0.2) is 18.2 Å². The summed E-state index contributed by atoms with van der Waals surface area (Å²) in [6.07, 6.45) is 3.52. The van der Waals surface area contributed by atoms with E-state index in [4.69, 9.17) is 4.74 Å². The van der Waals surface area contributed by atoms with Crippen LogP contribution in [-0.4, -0.2) is 70.3 Å². The van der Waals surface area contributed by atoms with Crippen LogP contribution in [0.25, 0.3) is 0 Å². The highest BCUT2D eigenvalue weighted by molar-refractivity contribution is 6.25. The molecule has 2 saturated heterocycles. The average Bonchev–Trinajstić information content (AvgIpc) is 3.06. The van der Waals surface area contributed by atoms with E-state index in [1.54, 1.807) is 23.1 Å². The fraction of sp³-hybridized carbons (Fsp3) is 0.577. The van der Waals surface area contributed by atoms with Crippen molar-refractivity contribution in [3.8, 4) is 0 Å². The number of fused-ring (bicyclic) bond motifs is 1. The Morgan fingerprint density at radius 3 is 2.39 bits per heavy atom. The first-order valence-electron chi connectivity index (χ1n) is 12.6. The Morgan fingerprint density at radius 1 is 1.06 bits per heavy atom. The molecule has 192 valence electrons. The number of ether oxygens (including phenoxy) is 1. The highest BCUT2D eigenvalue weighted by Gasteiger charge is 2.50. The van der Waals surface area contributed by atoms with E-state index in [0.29, 0.717) is 18.8 Å². The highest BCUT2D eigenvalue weighted by atomic mass is 16.6. The number of rotatable bonds is 3. The Morgan fingerprint density at radius 2 is 1.78 bits per heavy atom. The summed E-state index contributed by atoms with van der Waals surface area (Å²) in [5.41, 5.74) is 0.602. The smallest absolute Gasteiger partial charge is 0.410 e. The summed E-state index contributed by atoms with van der Waals surface area (Å²) < 4.78 is 5.52. The lowest BCUT2D eigenvalue weighted by Gasteiger charge is -2.54. The maximum atomic E-state index is 13.4. The maximum Gasteiger partial charge on any atom is 0.410 e. The summed E-state index contributed by atoms with van der Waals surface area (Å²) in [6, 6.07) is 4.24. The number of amides is 5. The number of imide groups is 2. The van der Waals surface area contributed by atoms with Crippen molar-refractivity contribution < 1.29 is 28.7 Å². The predicted octanol–water partition coefficient (Wildman–Crippen LogP) is 2.68. The van der Waals surface area contributed by atoms with Crippen LogP contribution in [0, 0.1) is 5.41 Å². The molecule has 3 heterocycles. The molecule has 5 amide bonds. The Kier molecular flexibility index (Phi) is 5.80. The molecule has 10 heteroatoms. The monoisotopic (exact) mass is 496 g/mol. The minimum atomic E-state index is -0.991. The molecule has 1 aliphatic carbocycles. The number of hydrogen-bond acceptors (Lipinski definition) is 7. The van der Waals surface area contributed by atoms with Gasteiger partial charge in [-0.3, -0.25) is 29.4 Å². The van der Waals surface area contributed by atoms with Gasteiger partial charge in [0.15, 0.2) is 0 Å². The van der Waals surface area contributed by atoms with E-state index in [1.165, 1.54) is 0 Å². The van der Waals surface area contributed by atoms with Gasteiger partial charge < -0.3 is 15.0 Å². The van der Waals surface area contributed by atoms with E-state index >= 15 is 0 Å². The number of likely N-dealkylation sites (tertiary alicyclic amines) is 1. The number of benzene rings is 1. The fourth-order valence-corrected chi connectivity index (χ4v) is 5.80. The lowest BCUT2D eigenvalue weighted by molar-refractivity contribution is -0.136. The molecule has 5 rings (SSSR count). The summed E-state index contributed by atoms with van der Waals surface area (Å²) in [5.74, 6) is -2.05. The van der Waals surface area contributed by atoms with Gasteiger partial charge in [-0.25, -0.2) is 4.79 Å². The number of carbonyl (C=O) groups excluding carboxylic acids is 5. The van der Waals surface area contributed by atoms with Crippen LogP contribution in [0.2, 0.25) is 0 Å². The van der Waals surface area contributed by atoms with Crippen LogP contribution < -0.4 is 10.6 Å². The van der Waals surface area contributed by atoms with Gasteiger partial charge in [-0.1, -0.05) is 6.07 Å². The molecule has 1 aromatic rings. The Balaban J connectivity index is 1.29. The average molecular weight is 497 g/mol. The van der Waals surface area contributed by atoms with Gasteiger partial charge in [0, 0.05) is 31.2 Å². The molecule has 3 aliphatic heterocycles. The normalized spacial score (nSPS) is 25.4. The molecule has 1 aromatic carbocycles. The summed E-state index contributed by atoms with van der Waals surface area (Å²) in [7, 11) is 0. The number of nitrogens with one attached hydrogen (secondary N) is 2. The van der Waals surface area contributed by atoms with Gasteiger partial charge >= 0.3 is 6.09 Å². The van der Waals surface area contributed by atoms with Crippen molar-refractivity contribution in [1.82, 2.24) is 15.1 Å². The van der Waals surface area contributed by atoms with E-state index in [9.17, 15) is 24.0 Å². The summed E-state index contributed by atoms with van der Waals surface area (Å²) in [4.78, 5) is 65.6. The third-order valence-electron chi connectivity index (χ3n) is 7.88. The summed E-state index contributed by atoms with van der Waals surface area (Å²) in [5, 5.41) is 5.75. The minimum absolute atomic E-state index is 0.0101. The van der Waals surface area contributed by atoms with E-state index in [0.717, 1.165) is 30.6 Å². The third kappa shape index (κ3) is 4.12. The van der Waals surface area contributed by atoms with Crippen molar-refractivity contribution in [3.05, 3.63) is 29.3 Å². The number of nitrogens with zero attached hydrogens (tertiary/aromatic N) is 2. The van der Waals surface area contributed by atoms with Gasteiger partial charge in [-0.15, -0.1) is 0 Å². The Hall–Kier alpha value is -3.43. The molecule has 1 spiro atoms. The Labute approximate surface area is 209 Å². The van der Waals surface area contributed by atoms with Crippen LogP contribution >= 0.6 is 0 Å². The van der Waals surface area contributed by atoms with E-state index in [1.807, 2.05) is 20.8 Å². The molecule has 0 bridgehead atoms. The number of carbonyl (C=O) groups is 5. The first kappa shape index (κ1) is 24.3. The van der Waals surface area contributed by atoms with Gasteiger partial charge in [0.1, 0.15) is 11.6 Å². The van der Waals surface area contributed by atoms with E-state index in [2.05, 4.69) is 10.6 Å². The molecule has 36 heavy (non-hydrogen) atoms. The van der Waals surface area contributed by atoms with Crippen molar-refractivity contribution in [2.45, 2.75) is 77.0 Å². The summed E-state index contributed by atoms with van der Waals surface area (Å²) in [6.45, 7) is 6.79. The zero-order valence-corrected chi connectivity index (χ0v) is 20.9. The maximum absolute atomic E-state index is 13.4. The number of anilines is 1. The SMILES string of the molecule is CC(C)(C)OC(=O)N1CCC2(CCC2Nc2cccc3c2C(=O)N(C2CCC(=O)NC2=O)C3=O)CC1. The zero-order valence-electron chi connectivity index (χ0n) is 20.9. The molecule has 0 radical (unpaired) electrons. The molecular formula is C26H32N4O6. The lowest BCUT2D eigenvalue weighted by Crippen LogP contribution is -2.56. The second-order valence-electron chi connectivity index (χ2n) is 11.2. The van der Waals surface area contributed by atoms with Crippen molar-refractivity contribution >= 4 is 35.4 Å².